The highest BCUT2D eigenvalue weighted by Gasteiger charge is 2.30. The molecule has 0 aliphatic heterocycles. The fourth-order valence-electron chi connectivity index (χ4n) is 2.31. The third kappa shape index (κ3) is 5.06. The number of halogens is 3. The molecule has 0 saturated heterocycles. The summed E-state index contributed by atoms with van der Waals surface area (Å²) >= 11 is 0. The van der Waals surface area contributed by atoms with E-state index in [4.69, 9.17) is 9.52 Å². The summed E-state index contributed by atoms with van der Waals surface area (Å²) in [6.45, 7) is 4.63. The zero-order valence-corrected chi connectivity index (χ0v) is 13.9. The van der Waals surface area contributed by atoms with Gasteiger partial charge in [0, 0.05) is 12.6 Å². The summed E-state index contributed by atoms with van der Waals surface area (Å²) in [5, 5.41) is 8.89. The Labute approximate surface area is 143 Å². The molecule has 0 fully saturated rings. The van der Waals surface area contributed by atoms with Gasteiger partial charge in [0.1, 0.15) is 6.26 Å². The monoisotopic (exact) mass is 356 g/mol. The average molecular weight is 356 g/mol. The van der Waals surface area contributed by atoms with Crippen LogP contribution in [0.1, 0.15) is 47.8 Å². The number of carbonyl (C=O) groups is 1. The van der Waals surface area contributed by atoms with Gasteiger partial charge in [0.2, 0.25) is 5.89 Å². The lowest BCUT2D eigenvalue weighted by Crippen LogP contribution is -2.31. The number of benzene rings is 1. The molecule has 0 aliphatic carbocycles. The lowest BCUT2D eigenvalue weighted by Gasteiger charge is -2.27. The molecule has 8 heteroatoms. The molecule has 5 nitrogen and oxygen atoms in total. The number of aromatic carboxylic acids is 1. The van der Waals surface area contributed by atoms with Gasteiger partial charge in [-0.3, -0.25) is 4.90 Å². The molecule has 0 saturated carbocycles. The van der Waals surface area contributed by atoms with Crippen molar-refractivity contribution >= 4 is 5.97 Å². The van der Waals surface area contributed by atoms with Crippen LogP contribution in [0, 0.1) is 0 Å². The quantitative estimate of drug-likeness (QED) is 0.806. The molecule has 0 bridgehead atoms. The SMILES string of the molecule is CCC(C)N(Cc1ccc(C(F)(F)F)cc1)Cc1nc(C(=O)O)co1. The van der Waals surface area contributed by atoms with Gasteiger partial charge in [0.15, 0.2) is 5.69 Å². The van der Waals surface area contributed by atoms with Crippen molar-refractivity contribution in [3.05, 3.63) is 53.2 Å². The molecule has 136 valence electrons. The van der Waals surface area contributed by atoms with Gasteiger partial charge in [0.25, 0.3) is 0 Å². The minimum absolute atomic E-state index is 0.113. The Hall–Kier alpha value is -2.35. The van der Waals surface area contributed by atoms with E-state index in [9.17, 15) is 18.0 Å². The predicted octanol–water partition coefficient (Wildman–Crippen LogP) is 4.19. The minimum atomic E-state index is -4.36. The van der Waals surface area contributed by atoms with E-state index in [1.165, 1.54) is 12.1 Å². The fraction of sp³-hybridized carbons (Fsp3) is 0.412. The van der Waals surface area contributed by atoms with E-state index in [-0.39, 0.29) is 24.2 Å². The van der Waals surface area contributed by atoms with Crippen molar-refractivity contribution in [2.45, 2.75) is 45.6 Å². The molecule has 1 N–H and O–H groups in total. The number of carboxylic acids is 1. The third-order valence-corrected chi connectivity index (χ3v) is 3.99. The molecule has 0 aliphatic rings. The number of nitrogens with zero attached hydrogens (tertiary/aromatic N) is 2. The number of hydrogen-bond acceptors (Lipinski definition) is 4. The van der Waals surface area contributed by atoms with E-state index in [0.29, 0.717) is 6.54 Å². The van der Waals surface area contributed by atoms with Crippen LogP contribution >= 0.6 is 0 Å². The first-order valence-corrected chi connectivity index (χ1v) is 7.78. The fourth-order valence-corrected chi connectivity index (χ4v) is 2.31. The van der Waals surface area contributed by atoms with Crippen LogP contribution in [0.2, 0.25) is 0 Å². The van der Waals surface area contributed by atoms with Crippen LogP contribution in [-0.4, -0.2) is 27.0 Å². The van der Waals surface area contributed by atoms with Crippen molar-refractivity contribution in [1.82, 2.24) is 9.88 Å². The van der Waals surface area contributed by atoms with Gasteiger partial charge in [0.05, 0.1) is 12.1 Å². The Balaban J connectivity index is 2.13. The smallest absolute Gasteiger partial charge is 0.416 e. The van der Waals surface area contributed by atoms with Crippen LogP contribution < -0.4 is 0 Å². The maximum atomic E-state index is 12.6. The third-order valence-electron chi connectivity index (χ3n) is 3.99. The van der Waals surface area contributed by atoms with Crippen molar-refractivity contribution < 1.29 is 27.5 Å². The highest BCUT2D eigenvalue weighted by molar-refractivity contribution is 5.84. The van der Waals surface area contributed by atoms with E-state index < -0.39 is 17.7 Å². The second kappa shape index (κ2) is 7.69. The van der Waals surface area contributed by atoms with E-state index in [2.05, 4.69) is 4.98 Å². The van der Waals surface area contributed by atoms with Crippen molar-refractivity contribution in [3.63, 3.8) is 0 Å². The number of oxazole rings is 1. The normalized spacial score (nSPS) is 13.2. The number of hydrogen-bond donors (Lipinski definition) is 1. The van der Waals surface area contributed by atoms with Gasteiger partial charge in [-0.05, 0) is 31.0 Å². The second-order valence-corrected chi connectivity index (χ2v) is 5.79. The Morgan fingerprint density at radius 2 is 1.92 bits per heavy atom. The van der Waals surface area contributed by atoms with E-state index in [1.807, 2.05) is 18.7 Å². The van der Waals surface area contributed by atoms with E-state index >= 15 is 0 Å². The molecule has 1 unspecified atom stereocenters. The second-order valence-electron chi connectivity index (χ2n) is 5.79. The van der Waals surface area contributed by atoms with Gasteiger partial charge in [-0.25, -0.2) is 9.78 Å². The number of aromatic nitrogens is 1. The van der Waals surface area contributed by atoms with Gasteiger partial charge < -0.3 is 9.52 Å². The Morgan fingerprint density at radius 1 is 1.28 bits per heavy atom. The summed E-state index contributed by atoms with van der Waals surface area (Å²) in [6, 6.07) is 5.10. The molecular weight excluding hydrogens is 337 g/mol. The summed E-state index contributed by atoms with van der Waals surface area (Å²) in [5.41, 5.74) is -0.142. The topological polar surface area (TPSA) is 66.6 Å². The Bertz CT molecular complexity index is 711. The lowest BCUT2D eigenvalue weighted by molar-refractivity contribution is -0.137. The first kappa shape index (κ1) is 19.0. The highest BCUT2D eigenvalue weighted by Crippen LogP contribution is 2.29. The van der Waals surface area contributed by atoms with Gasteiger partial charge in [-0.15, -0.1) is 0 Å². The number of carboxylic acid groups (broad SMARTS) is 1. The van der Waals surface area contributed by atoms with Crippen LogP contribution in [0.4, 0.5) is 13.2 Å². The van der Waals surface area contributed by atoms with E-state index in [1.54, 1.807) is 0 Å². The molecule has 1 aromatic carbocycles. The van der Waals surface area contributed by atoms with Crippen LogP contribution in [-0.2, 0) is 19.3 Å². The summed E-state index contributed by atoms with van der Waals surface area (Å²) in [5.74, 6) is -0.919. The van der Waals surface area contributed by atoms with Crippen LogP contribution in [0.3, 0.4) is 0 Å². The van der Waals surface area contributed by atoms with Crippen LogP contribution in [0.15, 0.2) is 34.9 Å². The molecule has 2 aromatic rings. The molecule has 1 aromatic heterocycles. The molecule has 0 amide bonds. The molecule has 0 spiro atoms. The van der Waals surface area contributed by atoms with Crippen molar-refractivity contribution in [1.29, 1.82) is 0 Å². The summed E-state index contributed by atoms with van der Waals surface area (Å²) < 4.78 is 43.1. The van der Waals surface area contributed by atoms with Crippen LogP contribution in [0.5, 0.6) is 0 Å². The first-order valence-electron chi connectivity index (χ1n) is 7.78. The summed E-state index contributed by atoms with van der Waals surface area (Å²) in [7, 11) is 0. The number of alkyl halides is 3. The summed E-state index contributed by atoms with van der Waals surface area (Å²) in [4.78, 5) is 16.7. The zero-order valence-electron chi connectivity index (χ0n) is 13.9. The van der Waals surface area contributed by atoms with Crippen LogP contribution in [0.25, 0.3) is 0 Å². The maximum Gasteiger partial charge on any atom is 0.416 e. The number of rotatable bonds is 7. The molecule has 2 rings (SSSR count). The predicted molar refractivity (Wildman–Crippen MR) is 83.9 cm³/mol. The molecule has 25 heavy (non-hydrogen) atoms. The molecule has 1 heterocycles. The largest absolute Gasteiger partial charge is 0.476 e. The van der Waals surface area contributed by atoms with Crippen molar-refractivity contribution in [2.75, 3.05) is 0 Å². The highest BCUT2D eigenvalue weighted by atomic mass is 19.4. The van der Waals surface area contributed by atoms with E-state index in [0.717, 1.165) is 30.4 Å². The van der Waals surface area contributed by atoms with Gasteiger partial charge >= 0.3 is 12.1 Å². The Kier molecular flexibility index (Phi) is 5.84. The first-order chi connectivity index (χ1) is 11.7. The van der Waals surface area contributed by atoms with Crippen molar-refractivity contribution in [3.8, 4) is 0 Å². The lowest BCUT2D eigenvalue weighted by atomic mass is 10.1. The standard InChI is InChI=1S/C17H19F3N2O3/c1-3-11(2)22(9-15-21-14(10-25-15)16(23)24)8-12-4-6-13(7-5-12)17(18,19)20/h4-7,10-11H,3,8-9H2,1-2H3,(H,23,24). The average Bonchev–Trinajstić information content (AvgIpc) is 3.02. The van der Waals surface area contributed by atoms with Gasteiger partial charge in [-0.1, -0.05) is 19.1 Å². The molecule has 1 atom stereocenters. The molecular formula is C17H19F3N2O3. The molecule has 0 radical (unpaired) electrons. The summed E-state index contributed by atoms with van der Waals surface area (Å²) in [6.07, 6.45) is -2.47. The zero-order chi connectivity index (χ0) is 18.6. The van der Waals surface area contributed by atoms with Gasteiger partial charge in [-0.2, -0.15) is 13.2 Å². The van der Waals surface area contributed by atoms with Crippen molar-refractivity contribution in [2.24, 2.45) is 0 Å². The maximum absolute atomic E-state index is 12.6. The minimum Gasteiger partial charge on any atom is -0.476 e. The Morgan fingerprint density at radius 3 is 2.40 bits per heavy atom.